The van der Waals surface area contributed by atoms with Gasteiger partial charge < -0.3 is 29.6 Å². The first-order valence-corrected chi connectivity index (χ1v) is 9.04. The number of aromatic nitrogens is 1. The second-order valence-electron chi connectivity index (χ2n) is 6.49. The van der Waals surface area contributed by atoms with Gasteiger partial charge in [0.05, 0.1) is 0 Å². The number of benzene rings is 2. The Morgan fingerprint density at radius 3 is 2.38 bits per heavy atom. The van der Waals surface area contributed by atoms with Crippen LogP contribution >= 0.6 is 0 Å². The number of fused-ring (bicyclic) bond motifs is 2. The molecule has 0 fully saturated rings. The summed E-state index contributed by atoms with van der Waals surface area (Å²) in [4.78, 5) is 16.7. The van der Waals surface area contributed by atoms with Gasteiger partial charge in [0.25, 0.3) is 5.91 Å². The molecule has 8 nitrogen and oxygen atoms in total. The fourth-order valence-corrected chi connectivity index (χ4v) is 3.09. The summed E-state index contributed by atoms with van der Waals surface area (Å²) < 4.78 is 21.3. The standard InChI is InChI=1S/C21H17N3O5/c25-21(24-15-2-4-18-20(9-15)29-12-27-18)16-8-14(5-6-22-16)23-10-13-1-3-17-19(7-13)28-11-26-17/h1-9H,10-12H2,(H,22,23)(H,24,25). The quantitative estimate of drug-likeness (QED) is 0.689. The number of hydrogen-bond donors (Lipinski definition) is 2. The van der Waals surface area contributed by atoms with Crippen molar-refractivity contribution >= 4 is 17.3 Å². The molecule has 0 saturated heterocycles. The van der Waals surface area contributed by atoms with Crippen LogP contribution in [0.4, 0.5) is 11.4 Å². The predicted octanol–water partition coefficient (Wildman–Crippen LogP) is 3.40. The third kappa shape index (κ3) is 3.60. The van der Waals surface area contributed by atoms with Gasteiger partial charge in [0.1, 0.15) is 5.69 Å². The number of carbonyl (C=O) groups excluding carboxylic acids is 1. The van der Waals surface area contributed by atoms with E-state index < -0.39 is 0 Å². The second kappa shape index (κ2) is 7.23. The molecule has 0 unspecified atom stereocenters. The molecule has 2 aromatic carbocycles. The van der Waals surface area contributed by atoms with Crippen molar-refractivity contribution in [3.8, 4) is 23.0 Å². The largest absolute Gasteiger partial charge is 0.454 e. The van der Waals surface area contributed by atoms with E-state index in [0.29, 0.717) is 29.4 Å². The van der Waals surface area contributed by atoms with Crippen LogP contribution in [0, 0.1) is 0 Å². The molecule has 29 heavy (non-hydrogen) atoms. The number of rotatable bonds is 5. The number of nitrogens with zero attached hydrogens (tertiary/aromatic N) is 1. The van der Waals surface area contributed by atoms with Crippen molar-refractivity contribution in [1.82, 2.24) is 4.98 Å². The van der Waals surface area contributed by atoms with Crippen LogP contribution in [0.3, 0.4) is 0 Å². The molecule has 3 aromatic rings. The van der Waals surface area contributed by atoms with E-state index in [4.69, 9.17) is 18.9 Å². The molecule has 3 heterocycles. The summed E-state index contributed by atoms with van der Waals surface area (Å²) in [5, 5.41) is 6.11. The maximum atomic E-state index is 12.6. The van der Waals surface area contributed by atoms with E-state index in [1.54, 1.807) is 30.5 Å². The molecule has 2 aliphatic rings. The SMILES string of the molecule is O=C(Nc1ccc2c(c1)OCO2)c1cc(NCc2ccc3c(c2)OCO3)ccn1. The Bertz CT molecular complexity index is 1090. The van der Waals surface area contributed by atoms with E-state index in [-0.39, 0.29) is 19.5 Å². The number of anilines is 2. The number of hydrogen-bond acceptors (Lipinski definition) is 7. The lowest BCUT2D eigenvalue weighted by Crippen LogP contribution is -2.14. The van der Waals surface area contributed by atoms with Gasteiger partial charge in [0.2, 0.25) is 13.6 Å². The van der Waals surface area contributed by atoms with E-state index in [2.05, 4.69) is 15.6 Å². The highest BCUT2D eigenvalue weighted by Crippen LogP contribution is 2.34. The third-order valence-corrected chi connectivity index (χ3v) is 4.56. The molecule has 1 aromatic heterocycles. The number of ether oxygens (including phenoxy) is 4. The molecule has 0 atom stereocenters. The zero-order valence-electron chi connectivity index (χ0n) is 15.3. The molecule has 5 rings (SSSR count). The number of amides is 1. The highest BCUT2D eigenvalue weighted by molar-refractivity contribution is 6.03. The summed E-state index contributed by atoms with van der Waals surface area (Å²) in [7, 11) is 0. The number of pyridine rings is 1. The summed E-state index contributed by atoms with van der Waals surface area (Å²) in [5.41, 5.74) is 2.74. The summed E-state index contributed by atoms with van der Waals surface area (Å²) >= 11 is 0. The first-order chi connectivity index (χ1) is 14.2. The Morgan fingerprint density at radius 1 is 0.828 bits per heavy atom. The molecule has 0 saturated carbocycles. The van der Waals surface area contributed by atoms with Crippen LogP contribution in [0.15, 0.2) is 54.7 Å². The van der Waals surface area contributed by atoms with Gasteiger partial charge >= 0.3 is 0 Å². The van der Waals surface area contributed by atoms with Crippen molar-refractivity contribution in [2.75, 3.05) is 24.2 Å². The Hall–Kier alpha value is -3.94. The average Bonchev–Trinajstić information content (AvgIpc) is 3.41. The van der Waals surface area contributed by atoms with Gasteiger partial charge in [-0.15, -0.1) is 0 Å². The van der Waals surface area contributed by atoms with Crippen molar-refractivity contribution in [2.45, 2.75) is 6.54 Å². The van der Waals surface area contributed by atoms with E-state index in [1.807, 2.05) is 24.3 Å². The lowest BCUT2D eigenvalue weighted by molar-refractivity contribution is 0.102. The normalized spacial score (nSPS) is 13.2. The maximum Gasteiger partial charge on any atom is 0.274 e. The maximum absolute atomic E-state index is 12.6. The number of carbonyl (C=O) groups is 1. The fraction of sp³-hybridized carbons (Fsp3) is 0.143. The minimum atomic E-state index is -0.310. The Labute approximate surface area is 166 Å². The summed E-state index contributed by atoms with van der Waals surface area (Å²) in [6.07, 6.45) is 1.59. The first-order valence-electron chi connectivity index (χ1n) is 9.04. The Morgan fingerprint density at radius 2 is 1.55 bits per heavy atom. The van der Waals surface area contributed by atoms with Crippen molar-refractivity contribution in [1.29, 1.82) is 0 Å². The first kappa shape index (κ1) is 17.2. The molecule has 0 aliphatic carbocycles. The van der Waals surface area contributed by atoms with E-state index in [0.717, 1.165) is 22.7 Å². The molecule has 0 radical (unpaired) electrons. The molecule has 0 bridgehead atoms. The summed E-state index contributed by atoms with van der Waals surface area (Å²) in [6, 6.07) is 14.5. The monoisotopic (exact) mass is 391 g/mol. The summed E-state index contributed by atoms with van der Waals surface area (Å²) in [6.45, 7) is 1.01. The summed E-state index contributed by atoms with van der Waals surface area (Å²) in [5.74, 6) is 2.45. The molecule has 8 heteroatoms. The Balaban J connectivity index is 1.25. The highest BCUT2D eigenvalue weighted by Gasteiger charge is 2.16. The minimum absolute atomic E-state index is 0.186. The van der Waals surface area contributed by atoms with Gasteiger partial charge in [0.15, 0.2) is 23.0 Å². The molecule has 2 aliphatic heterocycles. The highest BCUT2D eigenvalue weighted by atomic mass is 16.7. The lowest BCUT2D eigenvalue weighted by atomic mass is 10.2. The van der Waals surface area contributed by atoms with Gasteiger partial charge in [-0.1, -0.05) is 6.07 Å². The van der Waals surface area contributed by atoms with Gasteiger partial charge in [-0.25, -0.2) is 0 Å². The third-order valence-electron chi connectivity index (χ3n) is 4.56. The van der Waals surface area contributed by atoms with Crippen LogP contribution < -0.4 is 29.6 Å². The van der Waals surface area contributed by atoms with Crippen LogP contribution in [0.1, 0.15) is 16.1 Å². The number of nitrogens with one attached hydrogen (secondary N) is 2. The van der Waals surface area contributed by atoms with Crippen molar-refractivity contribution in [3.63, 3.8) is 0 Å². The van der Waals surface area contributed by atoms with E-state index in [9.17, 15) is 4.79 Å². The Kier molecular flexibility index (Phi) is 4.28. The molecule has 2 N–H and O–H groups in total. The zero-order valence-corrected chi connectivity index (χ0v) is 15.3. The van der Waals surface area contributed by atoms with Gasteiger partial charge in [-0.3, -0.25) is 9.78 Å². The van der Waals surface area contributed by atoms with Gasteiger partial charge in [-0.2, -0.15) is 0 Å². The minimum Gasteiger partial charge on any atom is -0.454 e. The van der Waals surface area contributed by atoms with Gasteiger partial charge in [0, 0.05) is 30.2 Å². The smallest absolute Gasteiger partial charge is 0.274 e. The molecule has 1 amide bonds. The zero-order chi connectivity index (χ0) is 19.6. The molecular weight excluding hydrogens is 374 g/mol. The van der Waals surface area contributed by atoms with Crippen molar-refractivity contribution in [2.24, 2.45) is 0 Å². The topological polar surface area (TPSA) is 90.9 Å². The van der Waals surface area contributed by atoms with Crippen LogP contribution in [0.5, 0.6) is 23.0 Å². The van der Waals surface area contributed by atoms with Gasteiger partial charge in [-0.05, 0) is 42.0 Å². The molecule has 0 spiro atoms. The lowest BCUT2D eigenvalue weighted by Gasteiger charge is -2.09. The van der Waals surface area contributed by atoms with Crippen LogP contribution in [-0.4, -0.2) is 24.5 Å². The fourth-order valence-electron chi connectivity index (χ4n) is 3.09. The predicted molar refractivity (Wildman–Crippen MR) is 105 cm³/mol. The average molecular weight is 391 g/mol. The van der Waals surface area contributed by atoms with E-state index >= 15 is 0 Å². The van der Waals surface area contributed by atoms with Crippen molar-refractivity contribution in [3.05, 3.63) is 66.0 Å². The van der Waals surface area contributed by atoms with Crippen molar-refractivity contribution < 1.29 is 23.7 Å². The van der Waals surface area contributed by atoms with Crippen LogP contribution in [0.2, 0.25) is 0 Å². The molecule has 146 valence electrons. The van der Waals surface area contributed by atoms with E-state index in [1.165, 1.54) is 0 Å². The second-order valence-corrected chi connectivity index (χ2v) is 6.49. The van der Waals surface area contributed by atoms with Crippen LogP contribution in [0.25, 0.3) is 0 Å². The molecular formula is C21H17N3O5. The van der Waals surface area contributed by atoms with Crippen LogP contribution in [-0.2, 0) is 6.54 Å².